The molecule has 0 spiro atoms. The lowest BCUT2D eigenvalue weighted by atomic mass is 10.2. The zero-order valence-corrected chi connectivity index (χ0v) is 12.7. The maximum atomic E-state index is 13.6. The molecule has 22 heavy (non-hydrogen) atoms. The highest BCUT2D eigenvalue weighted by molar-refractivity contribution is 6.04. The van der Waals surface area contributed by atoms with Crippen LogP contribution in [0.1, 0.15) is 30.1 Å². The second kappa shape index (κ2) is 8.48. The molecule has 1 saturated carbocycles. The molecule has 5 nitrogen and oxygen atoms in total. The van der Waals surface area contributed by atoms with E-state index in [-0.39, 0.29) is 18.2 Å². The number of benzene rings is 1. The zero-order chi connectivity index (χ0) is 15.8. The lowest BCUT2D eigenvalue weighted by molar-refractivity contribution is 0.0919. The number of amidine groups is 1. The number of nitrogens with one attached hydrogen (secondary N) is 1. The maximum Gasteiger partial charge on any atom is 0.291 e. The first-order valence-corrected chi connectivity index (χ1v) is 7.51. The van der Waals surface area contributed by atoms with Crippen molar-refractivity contribution in [2.75, 3.05) is 26.4 Å². The van der Waals surface area contributed by atoms with Crippen LogP contribution in [-0.2, 0) is 9.47 Å². The van der Waals surface area contributed by atoms with E-state index >= 15 is 0 Å². The Kier molecular flexibility index (Phi) is 6.33. The number of nitrogens with zero attached hydrogens (tertiary/aromatic N) is 1. The van der Waals surface area contributed by atoms with Crippen molar-refractivity contribution in [1.29, 1.82) is 0 Å². The van der Waals surface area contributed by atoms with Crippen LogP contribution in [-0.4, -0.2) is 38.3 Å². The predicted molar refractivity (Wildman–Crippen MR) is 81.3 cm³/mol. The third-order valence-corrected chi connectivity index (χ3v) is 3.20. The van der Waals surface area contributed by atoms with E-state index in [1.54, 1.807) is 6.07 Å². The Morgan fingerprint density at radius 1 is 1.36 bits per heavy atom. The SMILES string of the molecule is CCOCCOC(=NCC1CC1)NC(=O)c1ccccc1F. The van der Waals surface area contributed by atoms with Gasteiger partial charge in [0.25, 0.3) is 11.9 Å². The lowest BCUT2D eigenvalue weighted by Crippen LogP contribution is -2.34. The fourth-order valence-electron chi connectivity index (χ4n) is 1.79. The molecule has 0 aliphatic heterocycles. The van der Waals surface area contributed by atoms with E-state index in [4.69, 9.17) is 9.47 Å². The van der Waals surface area contributed by atoms with E-state index in [0.29, 0.717) is 25.7 Å². The van der Waals surface area contributed by atoms with Crippen molar-refractivity contribution < 1.29 is 18.7 Å². The zero-order valence-electron chi connectivity index (χ0n) is 12.7. The molecule has 120 valence electrons. The number of carbonyl (C=O) groups excluding carboxylic acids is 1. The number of hydrogen-bond acceptors (Lipinski definition) is 4. The molecular weight excluding hydrogens is 287 g/mol. The summed E-state index contributed by atoms with van der Waals surface area (Å²) >= 11 is 0. The van der Waals surface area contributed by atoms with Gasteiger partial charge in [0.15, 0.2) is 0 Å². The van der Waals surface area contributed by atoms with Crippen LogP contribution in [0.5, 0.6) is 0 Å². The average molecular weight is 308 g/mol. The van der Waals surface area contributed by atoms with Gasteiger partial charge in [0, 0.05) is 13.2 Å². The van der Waals surface area contributed by atoms with Crippen molar-refractivity contribution in [2.45, 2.75) is 19.8 Å². The molecule has 2 rings (SSSR count). The Labute approximate surface area is 129 Å². The first-order chi connectivity index (χ1) is 10.7. The van der Waals surface area contributed by atoms with Gasteiger partial charge in [-0.2, -0.15) is 0 Å². The second-order valence-corrected chi connectivity index (χ2v) is 5.07. The molecule has 0 bridgehead atoms. The molecule has 0 atom stereocenters. The van der Waals surface area contributed by atoms with Crippen LogP contribution in [0, 0.1) is 11.7 Å². The smallest absolute Gasteiger partial charge is 0.291 e. The summed E-state index contributed by atoms with van der Waals surface area (Å²) in [5, 5.41) is 2.53. The van der Waals surface area contributed by atoms with Gasteiger partial charge in [-0.1, -0.05) is 12.1 Å². The molecule has 0 unspecified atom stereocenters. The van der Waals surface area contributed by atoms with Gasteiger partial charge in [0.05, 0.1) is 12.2 Å². The van der Waals surface area contributed by atoms with Crippen molar-refractivity contribution in [3.63, 3.8) is 0 Å². The van der Waals surface area contributed by atoms with E-state index in [9.17, 15) is 9.18 Å². The third-order valence-electron chi connectivity index (χ3n) is 3.20. The standard InChI is InChI=1S/C16H21FN2O3/c1-2-21-9-10-22-16(18-11-12-7-8-12)19-15(20)13-5-3-4-6-14(13)17/h3-6,12H,2,7-11H2,1H3,(H,18,19,20). The van der Waals surface area contributed by atoms with Gasteiger partial charge in [-0.25, -0.2) is 9.38 Å². The van der Waals surface area contributed by atoms with Crippen LogP contribution in [0.25, 0.3) is 0 Å². The van der Waals surface area contributed by atoms with E-state index in [1.165, 1.54) is 18.2 Å². The molecule has 1 aromatic carbocycles. The van der Waals surface area contributed by atoms with Gasteiger partial charge < -0.3 is 9.47 Å². The summed E-state index contributed by atoms with van der Waals surface area (Å²) < 4.78 is 24.2. The molecule has 1 aliphatic carbocycles. The Balaban J connectivity index is 1.93. The van der Waals surface area contributed by atoms with Gasteiger partial charge >= 0.3 is 0 Å². The van der Waals surface area contributed by atoms with Gasteiger partial charge in [0.2, 0.25) is 0 Å². The Morgan fingerprint density at radius 2 is 2.14 bits per heavy atom. The van der Waals surface area contributed by atoms with E-state index < -0.39 is 11.7 Å². The van der Waals surface area contributed by atoms with E-state index in [1.807, 2.05) is 6.92 Å². The van der Waals surface area contributed by atoms with Gasteiger partial charge in [0.1, 0.15) is 12.4 Å². The molecule has 0 radical (unpaired) electrons. The minimum Gasteiger partial charge on any atom is -0.463 e. The van der Waals surface area contributed by atoms with Crippen LogP contribution < -0.4 is 5.32 Å². The first kappa shape index (κ1) is 16.4. The topological polar surface area (TPSA) is 59.9 Å². The number of aliphatic imine (C=N–C) groups is 1. The van der Waals surface area contributed by atoms with E-state index in [2.05, 4.69) is 10.3 Å². The fraction of sp³-hybridized carbons (Fsp3) is 0.500. The van der Waals surface area contributed by atoms with Crippen LogP contribution in [0.15, 0.2) is 29.3 Å². The number of carbonyl (C=O) groups is 1. The largest absolute Gasteiger partial charge is 0.463 e. The molecular formula is C16H21FN2O3. The predicted octanol–water partition coefficient (Wildman–Crippen LogP) is 2.37. The molecule has 1 amide bonds. The Bertz CT molecular complexity index is 530. The molecule has 0 aromatic heterocycles. The monoisotopic (exact) mass is 308 g/mol. The molecule has 6 heteroatoms. The molecule has 1 aliphatic rings. The number of amides is 1. The molecule has 1 fully saturated rings. The van der Waals surface area contributed by atoms with Crippen LogP contribution >= 0.6 is 0 Å². The lowest BCUT2D eigenvalue weighted by Gasteiger charge is -2.11. The summed E-state index contributed by atoms with van der Waals surface area (Å²) in [7, 11) is 0. The van der Waals surface area contributed by atoms with Crippen molar-refractivity contribution in [3.8, 4) is 0 Å². The van der Waals surface area contributed by atoms with Crippen molar-refractivity contribution >= 4 is 11.9 Å². The summed E-state index contributed by atoms with van der Waals surface area (Å²) in [6, 6.07) is 5.93. The molecule has 1 aromatic rings. The maximum absolute atomic E-state index is 13.6. The minimum absolute atomic E-state index is 0.0324. The number of rotatable bonds is 7. The van der Waals surface area contributed by atoms with Gasteiger partial charge in [-0.05, 0) is 37.8 Å². The molecule has 1 N–H and O–H groups in total. The average Bonchev–Trinajstić information content (AvgIpc) is 3.33. The third kappa shape index (κ3) is 5.44. The summed E-state index contributed by atoms with van der Waals surface area (Å²) in [6.45, 7) is 3.80. The summed E-state index contributed by atoms with van der Waals surface area (Å²) in [5.74, 6) is -0.573. The van der Waals surface area contributed by atoms with Crippen molar-refractivity contribution in [1.82, 2.24) is 5.32 Å². The Morgan fingerprint density at radius 3 is 2.82 bits per heavy atom. The number of hydrogen-bond donors (Lipinski definition) is 1. The van der Waals surface area contributed by atoms with Gasteiger partial charge in [-0.15, -0.1) is 0 Å². The van der Waals surface area contributed by atoms with Gasteiger partial charge in [-0.3, -0.25) is 10.1 Å². The number of halogens is 1. The van der Waals surface area contributed by atoms with Crippen molar-refractivity contribution in [3.05, 3.63) is 35.6 Å². The van der Waals surface area contributed by atoms with Crippen molar-refractivity contribution in [2.24, 2.45) is 10.9 Å². The van der Waals surface area contributed by atoms with Crippen LogP contribution in [0.4, 0.5) is 4.39 Å². The quantitative estimate of drug-likeness (QED) is 0.478. The highest BCUT2D eigenvalue weighted by atomic mass is 19.1. The van der Waals surface area contributed by atoms with Crippen LogP contribution in [0.3, 0.4) is 0 Å². The Hall–Kier alpha value is -1.95. The minimum atomic E-state index is -0.573. The van der Waals surface area contributed by atoms with Crippen LogP contribution in [0.2, 0.25) is 0 Å². The van der Waals surface area contributed by atoms with E-state index in [0.717, 1.165) is 12.8 Å². The fourth-order valence-corrected chi connectivity index (χ4v) is 1.79. The molecule has 0 saturated heterocycles. The summed E-state index contributed by atoms with van der Waals surface area (Å²) in [5.41, 5.74) is -0.0324. The highest BCUT2D eigenvalue weighted by Gasteiger charge is 2.21. The first-order valence-electron chi connectivity index (χ1n) is 7.51. The highest BCUT2D eigenvalue weighted by Crippen LogP contribution is 2.28. The molecule has 0 heterocycles. The second-order valence-electron chi connectivity index (χ2n) is 5.07. The summed E-state index contributed by atoms with van der Waals surface area (Å²) in [6.07, 6.45) is 2.30. The normalized spacial score (nSPS) is 14.7. The summed E-state index contributed by atoms with van der Waals surface area (Å²) in [4.78, 5) is 16.3. The number of ether oxygens (including phenoxy) is 2.